The quantitative estimate of drug-likeness (QED) is 0.765. The molecular weight excluding hydrogens is 174 g/mol. The van der Waals surface area contributed by atoms with Crippen molar-refractivity contribution in [1.29, 1.82) is 0 Å². The van der Waals surface area contributed by atoms with Gasteiger partial charge in [0.1, 0.15) is 0 Å². The van der Waals surface area contributed by atoms with Gasteiger partial charge in [0.25, 0.3) is 0 Å². The molecule has 1 radical (unpaired) electrons. The molecule has 2 heteroatoms. The number of hydrogen-bond acceptors (Lipinski definition) is 2. The van der Waals surface area contributed by atoms with Gasteiger partial charge in [-0.2, -0.15) is 0 Å². The summed E-state index contributed by atoms with van der Waals surface area (Å²) in [6.45, 7) is 6.39. The van der Waals surface area contributed by atoms with Crippen molar-refractivity contribution in [2.24, 2.45) is 0 Å². The van der Waals surface area contributed by atoms with Crippen LogP contribution in [0.15, 0.2) is 18.2 Å². The summed E-state index contributed by atoms with van der Waals surface area (Å²) in [5.41, 5.74) is 2.79. The molecular formula is C12H16NO. The molecule has 0 fully saturated rings. The maximum Gasteiger partial charge on any atom is 0.0606 e. The number of hydrogen-bond donors (Lipinski definition) is 1. The van der Waals surface area contributed by atoms with E-state index in [4.69, 9.17) is 5.11 Å². The molecule has 14 heavy (non-hydrogen) atoms. The van der Waals surface area contributed by atoms with Gasteiger partial charge in [-0.3, -0.25) is 0 Å². The van der Waals surface area contributed by atoms with Crippen LogP contribution in [0.4, 0.5) is 5.69 Å². The second kappa shape index (κ2) is 3.28. The van der Waals surface area contributed by atoms with E-state index in [0.29, 0.717) is 6.54 Å². The van der Waals surface area contributed by atoms with Crippen molar-refractivity contribution in [3.8, 4) is 0 Å². The van der Waals surface area contributed by atoms with E-state index in [1.807, 2.05) is 12.1 Å². The lowest BCUT2D eigenvalue weighted by molar-refractivity contribution is 0.301. The zero-order chi connectivity index (χ0) is 10.2. The minimum atomic E-state index is 0.194. The zero-order valence-electron chi connectivity index (χ0n) is 8.75. The van der Waals surface area contributed by atoms with E-state index in [-0.39, 0.29) is 12.0 Å². The highest BCUT2D eigenvalue weighted by Gasteiger charge is 2.33. The van der Waals surface area contributed by atoms with Gasteiger partial charge >= 0.3 is 0 Å². The lowest BCUT2D eigenvalue weighted by atomic mass is 9.87. The molecule has 2 nitrogen and oxygen atoms in total. The van der Waals surface area contributed by atoms with Gasteiger partial charge in [-0.15, -0.1) is 0 Å². The Morgan fingerprint density at radius 2 is 2.36 bits per heavy atom. The molecule has 1 aliphatic rings. The number of aliphatic hydroxyl groups is 1. The monoisotopic (exact) mass is 190 g/mol. The summed E-state index contributed by atoms with van der Waals surface area (Å²) in [5, 5.41) is 8.97. The topological polar surface area (TPSA) is 23.5 Å². The van der Waals surface area contributed by atoms with E-state index in [2.05, 4.69) is 30.9 Å². The molecule has 0 bridgehead atoms. The average Bonchev–Trinajstić information content (AvgIpc) is 2.41. The first-order valence-electron chi connectivity index (χ1n) is 5.01. The van der Waals surface area contributed by atoms with Crippen LogP contribution in [0.5, 0.6) is 0 Å². The molecule has 0 amide bonds. The van der Waals surface area contributed by atoms with Crippen molar-refractivity contribution in [3.05, 3.63) is 29.8 Å². The fourth-order valence-corrected chi connectivity index (χ4v) is 2.22. The highest BCUT2D eigenvalue weighted by atomic mass is 16.3. The Morgan fingerprint density at radius 1 is 1.57 bits per heavy atom. The van der Waals surface area contributed by atoms with Crippen LogP contribution in [0, 0.1) is 6.07 Å². The molecule has 0 atom stereocenters. The van der Waals surface area contributed by atoms with E-state index in [9.17, 15) is 0 Å². The van der Waals surface area contributed by atoms with E-state index in [1.54, 1.807) is 0 Å². The van der Waals surface area contributed by atoms with Crippen LogP contribution < -0.4 is 4.90 Å². The summed E-state index contributed by atoms with van der Waals surface area (Å²) in [7, 11) is 0. The van der Waals surface area contributed by atoms with Crippen LogP contribution in [-0.4, -0.2) is 24.8 Å². The molecule has 0 saturated carbocycles. The highest BCUT2D eigenvalue weighted by Crippen LogP contribution is 2.39. The van der Waals surface area contributed by atoms with E-state index < -0.39 is 0 Å². The van der Waals surface area contributed by atoms with Crippen LogP contribution in [0.1, 0.15) is 19.4 Å². The molecule has 0 aliphatic carbocycles. The Hall–Kier alpha value is -1.02. The van der Waals surface area contributed by atoms with Crippen molar-refractivity contribution in [2.45, 2.75) is 19.3 Å². The smallest absolute Gasteiger partial charge is 0.0606 e. The van der Waals surface area contributed by atoms with Gasteiger partial charge in [0.2, 0.25) is 0 Å². The van der Waals surface area contributed by atoms with E-state index in [1.165, 1.54) is 11.3 Å². The number of benzene rings is 1. The molecule has 0 unspecified atom stereocenters. The van der Waals surface area contributed by atoms with Crippen LogP contribution >= 0.6 is 0 Å². The molecule has 2 rings (SSSR count). The van der Waals surface area contributed by atoms with Crippen molar-refractivity contribution < 1.29 is 5.11 Å². The average molecular weight is 190 g/mol. The second-order valence-electron chi connectivity index (χ2n) is 4.47. The summed E-state index contributed by atoms with van der Waals surface area (Å²) < 4.78 is 0. The van der Waals surface area contributed by atoms with E-state index >= 15 is 0 Å². The minimum Gasteiger partial charge on any atom is -0.395 e. The summed E-state index contributed by atoms with van der Waals surface area (Å²) in [6, 6.07) is 9.20. The van der Waals surface area contributed by atoms with Gasteiger partial charge in [-0.05, 0) is 17.7 Å². The fourth-order valence-electron chi connectivity index (χ4n) is 2.22. The molecule has 1 aliphatic heterocycles. The summed E-state index contributed by atoms with van der Waals surface area (Å²) in [4.78, 5) is 2.23. The molecule has 1 aromatic carbocycles. The summed E-state index contributed by atoms with van der Waals surface area (Å²) >= 11 is 0. The Morgan fingerprint density at radius 3 is 3.07 bits per heavy atom. The number of rotatable bonds is 2. The predicted molar refractivity (Wildman–Crippen MR) is 57.6 cm³/mol. The van der Waals surface area contributed by atoms with Gasteiger partial charge < -0.3 is 10.0 Å². The molecule has 0 spiro atoms. The Labute approximate surface area is 85.2 Å². The van der Waals surface area contributed by atoms with Gasteiger partial charge in [0, 0.05) is 24.2 Å². The lowest BCUT2D eigenvalue weighted by Gasteiger charge is -2.21. The Bertz CT molecular complexity index is 333. The van der Waals surface area contributed by atoms with Crippen LogP contribution in [0.2, 0.25) is 0 Å². The number of anilines is 1. The molecule has 1 N–H and O–H groups in total. The molecule has 0 aromatic heterocycles. The number of nitrogens with zero attached hydrogens (tertiary/aromatic N) is 1. The summed E-state index contributed by atoms with van der Waals surface area (Å²) in [5.74, 6) is 0. The standard InChI is InChI=1S/C12H16NO/c1-12(2)9-13(7-8-14)11-6-4-3-5-10(11)12/h3,5-6,14H,7-9H2,1-2H3. The third-order valence-corrected chi connectivity index (χ3v) is 2.87. The third-order valence-electron chi connectivity index (χ3n) is 2.87. The Kier molecular flexibility index (Phi) is 2.23. The predicted octanol–water partition coefficient (Wildman–Crippen LogP) is 1.58. The lowest BCUT2D eigenvalue weighted by Crippen LogP contribution is -2.30. The largest absolute Gasteiger partial charge is 0.395 e. The SMILES string of the molecule is CC1(C)CN(CCO)c2c[c]ccc21. The fraction of sp³-hybridized carbons (Fsp3) is 0.500. The highest BCUT2D eigenvalue weighted by molar-refractivity contribution is 5.61. The molecule has 1 heterocycles. The van der Waals surface area contributed by atoms with Crippen molar-refractivity contribution in [3.63, 3.8) is 0 Å². The van der Waals surface area contributed by atoms with Crippen molar-refractivity contribution >= 4 is 5.69 Å². The summed E-state index contributed by atoms with van der Waals surface area (Å²) in [6.07, 6.45) is 0. The Balaban J connectivity index is 2.39. The molecule has 1 aromatic rings. The molecule has 0 saturated heterocycles. The zero-order valence-corrected chi connectivity index (χ0v) is 8.75. The third kappa shape index (κ3) is 1.40. The normalized spacial score (nSPS) is 18.4. The first-order chi connectivity index (χ1) is 6.65. The maximum absolute atomic E-state index is 8.97. The number of aliphatic hydroxyl groups excluding tert-OH is 1. The van der Waals surface area contributed by atoms with Gasteiger partial charge in [0.15, 0.2) is 0 Å². The van der Waals surface area contributed by atoms with Crippen LogP contribution in [0.25, 0.3) is 0 Å². The van der Waals surface area contributed by atoms with Gasteiger partial charge in [0.05, 0.1) is 6.61 Å². The van der Waals surface area contributed by atoms with Crippen molar-refractivity contribution in [2.75, 3.05) is 24.6 Å². The van der Waals surface area contributed by atoms with Gasteiger partial charge in [-0.25, -0.2) is 0 Å². The maximum atomic E-state index is 8.97. The van der Waals surface area contributed by atoms with Crippen LogP contribution in [-0.2, 0) is 5.41 Å². The molecule has 75 valence electrons. The number of β-amino-alcohol motifs (C(OH)–C–C–N with tert-alkyl or cyclic N) is 1. The van der Waals surface area contributed by atoms with Crippen molar-refractivity contribution in [1.82, 2.24) is 0 Å². The van der Waals surface area contributed by atoms with E-state index in [0.717, 1.165) is 6.54 Å². The first kappa shape index (κ1) is 9.53. The van der Waals surface area contributed by atoms with Gasteiger partial charge in [-0.1, -0.05) is 26.0 Å². The first-order valence-corrected chi connectivity index (χ1v) is 5.01. The minimum absolute atomic E-state index is 0.194. The van der Waals surface area contributed by atoms with Crippen LogP contribution in [0.3, 0.4) is 0 Å². The number of fused-ring (bicyclic) bond motifs is 1. The second-order valence-corrected chi connectivity index (χ2v) is 4.47.